The summed E-state index contributed by atoms with van der Waals surface area (Å²) in [6.45, 7) is 4.51. The number of likely N-dealkylation sites (tertiary alicyclic amines) is 2. The summed E-state index contributed by atoms with van der Waals surface area (Å²) in [5, 5.41) is 2.66. The molecule has 1 unspecified atom stereocenters. The first-order valence-corrected chi connectivity index (χ1v) is 7.83. The molecule has 3 heterocycles. The van der Waals surface area contributed by atoms with Crippen molar-refractivity contribution in [2.75, 3.05) is 26.2 Å². The molecule has 1 aromatic heterocycles. The zero-order chi connectivity index (χ0) is 13.2. The van der Waals surface area contributed by atoms with Gasteiger partial charge in [0.15, 0.2) is 0 Å². The van der Waals surface area contributed by atoms with Crippen molar-refractivity contribution in [2.45, 2.75) is 31.8 Å². The van der Waals surface area contributed by atoms with Gasteiger partial charge in [-0.3, -0.25) is 9.69 Å². The van der Waals surface area contributed by atoms with Crippen LogP contribution in [0.25, 0.3) is 0 Å². The fourth-order valence-corrected chi connectivity index (χ4v) is 3.64. The van der Waals surface area contributed by atoms with Gasteiger partial charge >= 0.3 is 0 Å². The summed E-state index contributed by atoms with van der Waals surface area (Å²) in [5.41, 5.74) is 6.10. The molecule has 6 heteroatoms. The molecule has 2 aliphatic heterocycles. The van der Waals surface area contributed by atoms with Crippen molar-refractivity contribution in [1.82, 2.24) is 14.8 Å². The van der Waals surface area contributed by atoms with Gasteiger partial charge in [-0.1, -0.05) is 0 Å². The van der Waals surface area contributed by atoms with E-state index in [1.165, 1.54) is 37.3 Å². The molecule has 2 aliphatic rings. The molecular weight excluding hydrogens is 260 g/mol. The highest BCUT2D eigenvalue weighted by atomic mass is 32.1. The topological polar surface area (TPSA) is 62.5 Å². The average Bonchev–Trinajstić information content (AvgIpc) is 3.16. The Morgan fingerprint density at radius 2 is 2.21 bits per heavy atom. The number of carbonyl (C=O) groups excluding carboxylic acids is 1. The Morgan fingerprint density at radius 1 is 1.42 bits per heavy atom. The Labute approximate surface area is 117 Å². The standard InChI is InChI=1S/C13H20N4OS/c14-7-12-15-11(9-19-12)13(18)17-6-3-10(8-17)16-4-1-2-5-16/h9-10H,1-8,14H2. The Bertz CT molecular complexity index is 455. The second-order valence-electron chi connectivity index (χ2n) is 5.27. The molecule has 1 atom stereocenters. The van der Waals surface area contributed by atoms with Crippen molar-refractivity contribution in [3.8, 4) is 0 Å². The van der Waals surface area contributed by atoms with Crippen LogP contribution in [0.5, 0.6) is 0 Å². The molecule has 1 aromatic rings. The number of thiazole rings is 1. The van der Waals surface area contributed by atoms with Crippen molar-refractivity contribution in [1.29, 1.82) is 0 Å². The van der Waals surface area contributed by atoms with Gasteiger partial charge in [0.1, 0.15) is 10.7 Å². The third kappa shape index (κ3) is 2.66. The van der Waals surface area contributed by atoms with Gasteiger partial charge in [0.25, 0.3) is 5.91 Å². The van der Waals surface area contributed by atoms with Crippen LogP contribution in [0.3, 0.4) is 0 Å². The Morgan fingerprint density at radius 3 is 2.89 bits per heavy atom. The predicted octanol–water partition coefficient (Wildman–Crippen LogP) is 0.912. The zero-order valence-electron chi connectivity index (χ0n) is 11.0. The molecule has 0 bridgehead atoms. The molecule has 0 saturated carbocycles. The zero-order valence-corrected chi connectivity index (χ0v) is 11.9. The summed E-state index contributed by atoms with van der Waals surface area (Å²) in [6, 6.07) is 0.555. The molecule has 0 aromatic carbocycles. The summed E-state index contributed by atoms with van der Waals surface area (Å²) in [4.78, 5) is 21.1. The van der Waals surface area contributed by atoms with Crippen LogP contribution < -0.4 is 5.73 Å². The van der Waals surface area contributed by atoms with Crippen LogP contribution in [0.1, 0.15) is 34.8 Å². The normalized spacial score (nSPS) is 24.3. The first kappa shape index (κ1) is 13.0. The van der Waals surface area contributed by atoms with Crippen molar-refractivity contribution < 1.29 is 4.79 Å². The lowest BCUT2D eigenvalue weighted by atomic mass is 10.2. The summed E-state index contributed by atoms with van der Waals surface area (Å²) < 4.78 is 0. The maximum absolute atomic E-state index is 12.3. The fourth-order valence-electron chi connectivity index (χ4n) is 3.00. The molecule has 0 radical (unpaired) electrons. The molecule has 104 valence electrons. The number of hydrogen-bond donors (Lipinski definition) is 1. The molecule has 1 amide bonds. The van der Waals surface area contributed by atoms with E-state index >= 15 is 0 Å². The van der Waals surface area contributed by atoms with Gasteiger partial charge in [0.05, 0.1) is 0 Å². The predicted molar refractivity (Wildman–Crippen MR) is 75.1 cm³/mol. The van der Waals surface area contributed by atoms with E-state index in [1.807, 2.05) is 10.3 Å². The number of nitrogens with two attached hydrogens (primary N) is 1. The second-order valence-corrected chi connectivity index (χ2v) is 6.21. The molecule has 0 spiro atoms. The van der Waals surface area contributed by atoms with E-state index in [9.17, 15) is 4.79 Å². The maximum Gasteiger partial charge on any atom is 0.273 e. The van der Waals surface area contributed by atoms with Crippen molar-refractivity contribution in [2.24, 2.45) is 5.73 Å². The summed E-state index contributed by atoms with van der Waals surface area (Å²) >= 11 is 1.47. The minimum absolute atomic E-state index is 0.0673. The van der Waals surface area contributed by atoms with Crippen LogP contribution >= 0.6 is 11.3 Å². The van der Waals surface area contributed by atoms with Gasteiger partial charge < -0.3 is 10.6 Å². The SMILES string of the molecule is NCc1nc(C(=O)N2CCC(N3CCCC3)C2)cs1. The molecule has 2 saturated heterocycles. The first-order valence-electron chi connectivity index (χ1n) is 6.95. The molecule has 5 nitrogen and oxygen atoms in total. The van der Waals surface area contributed by atoms with Gasteiger partial charge in [0, 0.05) is 31.1 Å². The lowest BCUT2D eigenvalue weighted by molar-refractivity contribution is 0.0775. The second kappa shape index (κ2) is 5.56. The minimum atomic E-state index is 0.0673. The van der Waals surface area contributed by atoms with Crippen molar-refractivity contribution >= 4 is 17.2 Å². The number of nitrogens with zero attached hydrogens (tertiary/aromatic N) is 3. The van der Waals surface area contributed by atoms with E-state index in [0.717, 1.165) is 24.5 Å². The Kier molecular flexibility index (Phi) is 3.81. The average molecular weight is 280 g/mol. The number of rotatable bonds is 3. The van der Waals surface area contributed by atoms with Gasteiger partial charge in [-0.25, -0.2) is 4.98 Å². The van der Waals surface area contributed by atoms with Crippen LogP contribution in [0.4, 0.5) is 0 Å². The minimum Gasteiger partial charge on any atom is -0.336 e. The monoisotopic (exact) mass is 280 g/mol. The Hall–Kier alpha value is -0.980. The summed E-state index contributed by atoms with van der Waals surface area (Å²) in [6.07, 6.45) is 3.70. The molecule has 2 N–H and O–H groups in total. The first-order chi connectivity index (χ1) is 9.28. The van der Waals surface area contributed by atoms with Crippen LogP contribution in [0.2, 0.25) is 0 Å². The summed E-state index contributed by atoms with van der Waals surface area (Å²) in [5.74, 6) is 0.0673. The van der Waals surface area contributed by atoms with E-state index in [0.29, 0.717) is 18.3 Å². The lowest BCUT2D eigenvalue weighted by Crippen LogP contribution is -2.37. The highest BCUT2D eigenvalue weighted by Gasteiger charge is 2.32. The van der Waals surface area contributed by atoms with E-state index < -0.39 is 0 Å². The lowest BCUT2D eigenvalue weighted by Gasteiger charge is -2.23. The highest BCUT2D eigenvalue weighted by Crippen LogP contribution is 2.22. The van der Waals surface area contributed by atoms with E-state index in [2.05, 4.69) is 9.88 Å². The molecular formula is C13H20N4OS. The summed E-state index contributed by atoms with van der Waals surface area (Å²) in [7, 11) is 0. The van der Waals surface area contributed by atoms with Gasteiger partial charge in [-0.15, -0.1) is 11.3 Å². The molecule has 2 fully saturated rings. The highest BCUT2D eigenvalue weighted by molar-refractivity contribution is 7.09. The smallest absolute Gasteiger partial charge is 0.273 e. The van der Waals surface area contributed by atoms with Gasteiger partial charge in [0.2, 0.25) is 0 Å². The van der Waals surface area contributed by atoms with Crippen LogP contribution in [0.15, 0.2) is 5.38 Å². The fraction of sp³-hybridized carbons (Fsp3) is 0.692. The van der Waals surface area contributed by atoms with Crippen molar-refractivity contribution in [3.05, 3.63) is 16.1 Å². The number of amides is 1. The van der Waals surface area contributed by atoms with E-state index in [-0.39, 0.29) is 5.91 Å². The van der Waals surface area contributed by atoms with E-state index in [1.54, 1.807) is 0 Å². The number of aromatic nitrogens is 1. The quantitative estimate of drug-likeness (QED) is 0.894. The maximum atomic E-state index is 12.3. The van der Waals surface area contributed by atoms with Gasteiger partial charge in [-0.05, 0) is 32.4 Å². The van der Waals surface area contributed by atoms with Crippen LogP contribution in [-0.2, 0) is 6.54 Å². The Balaban J connectivity index is 1.62. The number of hydrogen-bond acceptors (Lipinski definition) is 5. The van der Waals surface area contributed by atoms with Gasteiger partial charge in [-0.2, -0.15) is 0 Å². The van der Waals surface area contributed by atoms with Crippen LogP contribution in [0, 0.1) is 0 Å². The van der Waals surface area contributed by atoms with Crippen molar-refractivity contribution in [3.63, 3.8) is 0 Å². The molecule has 0 aliphatic carbocycles. The van der Waals surface area contributed by atoms with E-state index in [4.69, 9.17) is 5.73 Å². The number of carbonyl (C=O) groups is 1. The molecule has 19 heavy (non-hydrogen) atoms. The van der Waals surface area contributed by atoms with Crippen LogP contribution in [-0.4, -0.2) is 52.9 Å². The third-order valence-electron chi connectivity index (χ3n) is 4.05. The third-order valence-corrected chi connectivity index (χ3v) is 4.92. The largest absolute Gasteiger partial charge is 0.336 e. The molecule has 3 rings (SSSR count).